The molecule has 2 amide bonds. The molecule has 1 saturated carbocycles. The van der Waals surface area contributed by atoms with Crippen LogP contribution in [0.4, 0.5) is 5.69 Å². The zero-order valence-electron chi connectivity index (χ0n) is 14.6. The average molecular weight is 386 g/mol. The fourth-order valence-corrected chi connectivity index (χ4v) is 3.40. The Morgan fingerprint density at radius 2 is 1.80 bits per heavy atom. The van der Waals surface area contributed by atoms with Gasteiger partial charge in [0.15, 0.2) is 0 Å². The van der Waals surface area contributed by atoms with Gasteiger partial charge in [-0.2, -0.15) is 0 Å². The number of amides is 2. The minimum Gasteiger partial charge on any atom is -0.352 e. The number of carbonyl (C=O) groups excluding carboxylic acids is 2. The molecule has 2 N–H and O–H groups in total. The maximum absolute atomic E-state index is 12.2. The molecule has 2 atom stereocenters. The zero-order valence-corrected chi connectivity index (χ0v) is 16.2. The van der Waals surface area contributed by atoms with Crippen molar-refractivity contribution in [3.63, 3.8) is 0 Å². The Kier molecular flexibility index (Phi) is 7.54. The molecular formula is C18H25Cl2N3O2. The molecule has 1 aliphatic rings. The second-order valence-corrected chi connectivity index (χ2v) is 7.60. The van der Waals surface area contributed by atoms with E-state index < -0.39 is 0 Å². The van der Waals surface area contributed by atoms with E-state index in [4.69, 9.17) is 23.2 Å². The quantitative estimate of drug-likeness (QED) is 0.786. The predicted molar refractivity (Wildman–Crippen MR) is 102 cm³/mol. The van der Waals surface area contributed by atoms with E-state index >= 15 is 0 Å². The molecule has 1 fully saturated rings. The van der Waals surface area contributed by atoms with Crippen LogP contribution in [-0.4, -0.2) is 42.9 Å². The van der Waals surface area contributed by atoms with Crippen LogP contribution in [-0.2, 0) is 9.59 Å². The highest BCUT2D eigenvalue weighted by molar-refractivity contribution is 6.42. The van der Waals surface area contributed by atoms with Gasteiger partial charge in [0, 0.05) is 11.7 Å². The third-order valence-electron chi connectivity index (χ3n) is 4.49. The van der Waals surface area contributed by atoms with Crippen molar-refractivity contribution in [3.8, 4) is 0 Å². The standard InChI is InChI=1S/C18H25Cl2N3O2/c1-12-5-3-4-6-16(12)22-18(25)11-23(2)10-17(24)21-13-7-8-14(19)15(20)9-13/h7-9,12,16H,3-6,10-11H2,1-2H3,(H,21,24)(H,22,25)/t12-,16-/m1/s1. The number of halogens is 2. The molecule has 0 aliphatic heterocycles. The van der Waals surface area contributed by atoms with Crippen LogP contribution < -0.4 is 10.6 Å². The lowest BCUT2D eigenvalue weighted by atomic mass is 9.86. The number of hydrogen-bond donors (Lipinski definition) is 2. The highest BCUT2D eigenvalue weighted by Crippen LogP contribution is 2.25. The molecule has 0 unspecified atom stereocenters. The zero-order chi connectivity index (χ0) is 18.4. The predicted octanol–water partition coefficient (Wildman–Crippen LogP) is 3.56. The third-order valence-corrected chi connectivity index (χ3v) is 5.23. The van der Waals surface area contributed by atoms with Crippen molar-refractivity contribution in [2.45, 2.75) is 38.6 Å². The summed E-state index contributed by atoms with van der Waals surface area (Å²) in [5.41, 5.74) is 0.577. The normalized spacial score (nSPS) is 20.4. The smallest absolute Gasteiger partial charge is 0.238 e. The molecule has 25 heavy (non-hydrogen) atoms. The van der Waals surface area contributed by atoms with Gasteiger partial charge in [0.2, 0.25) is 11.8 Å². The summed E-state index contributed by atoms with van der Waals surface area (Å²) in [5, 5.41) is 6.66. The first-order valence-corrected chi connectivity index (χ1v) is 9.33. The van der Waals surface area contributed by atoms with Gasteiger partial charge in [0.05, 0.1) is 23.1 Å². The van der Waals surface area contributed by atoms with Crippen LogP contribution in [0.3, 0.4) is 0 Å². The number of benzene rings is 1. The molecule has 5 nitrogen and oxygen atoms in total. The van der Waals surface area contributed by atoms with Gasteiger partial charge < -0.3 is 10.6 Å². The average Bonchev–Trinajstić information content (AvgIpc) is 2.52. The van der Waals surface area contributed by atoms with Crippen LogP contribution in [0.15, 0.2) is 18.2 Å². The fraction of sp³-hybridized carbons (Fsp3) is 0.556. The Bertz CT molecular complexity index is 624. The number of anilines is 1. The number of likely N-dealkylation sites (N-methyl/N-ethyl adjacent to an activating group) is 1. The molecule has 0 bridgehead atoms. The molecule has 1 aliphatic carbocycles. The van der Waals surface area contributed by atoms with E-state index in [9.17, 15) is 9.59 Å². The van der Waals surface area contributed by atoms with E-state index in [0.29, 0.717) is 21.7 Å². The molecule has 1 aromatic rings. The number of rotatable bonds is 6. The Hall–Kier alpha value is -1.30. The van der Waals surface area contributed by atoms with Gasteiger partial charge in [0.25, 0.3) is 0 Å². The van der Waals surface area contributed by atoms with E-state index in [1.54, 1.807) is 30.1 Å². The van der Waals surface area contributed by atoms with E-state index in [1.807, 2.05) is 0 Å². The molecule has 0 aromatic heterocycles. The summed E-state index contributed by atoms with van der Waals surface area (Å²) in [6, 6.07) is 5.16. The lowest BCUT2D eigenvalue weighted by molar-refractivity contribution is -0.124. The van der Waals surface area contributed by atoms with Crippen LogP contribution in [0.2, 0.25) is 10.0 Å². The Labute approximate surface area is 159 Å². The van der Waals surface area contributed by atoms with Crippen molar-refractivity contribution in [2.75, 3.05) is 25.5 Å². The first-order chi connectivity index (χ1) is 11.8. The minimum absolute atomic E-state index is 0.0383. The highest BCUT2D eigenvalue weighted by Gasteiger charge is 2.23. The topological polar surface area (TPSA) is 61.4 Å². The van der Waals surface area contributed by atoms with Gasteiger partial charge in [-0.1, -0.05) is 43.0 Å². The first-order valence-electron chi connectivity index (χ1n) is 8.58. The van der Waals surface area contributed by atoms with Crippen LogP contribution in [0.5, 0.6) is 0 Å². The van der Waals surface area contributed by atoms with Gasteiger partial charge in [0.1, 0.15) is 0 Å². The van der Waals surface area contributed by atoms with Gasteiger partial charge in [-0.15, -0.1) is 0 Å². The summed E-state index contributed by atoms with van der Waals surface area (Å²) in [6.07, 6.45) is 4.60. The van der Waals surface area contributed by atoms with E-state index in [0.717, 1.165) is 19.3 Å². The fourth-order valence-electron chi connectivity index (χ4n) is 3.10. The SMILES string of the molecule is C[C@@H]1CCCC[C@H]1NC(=O)CN(C)CC(=O)Nc1ccc(Cl)c(Cl)c1. The van der Waals surface area contributed by atoms with Crippen molar-refractivity contribution < 1.29 is 9.59 Å². The maximum Gasteiger partial charge on any atom is 0.238 e. The van der Waals surface area contributed by atoms with Crippen molar-refractivity contribution in [1.29, 1.82) is 0 Å². The van der Waals surface area contributed by atoms with Crippen LogP contribution in [0.1, 0.15) is 32.6 Å². The second kappa shape index (κ2) is 9.41. The summed E-state index contributed by atoms with van der Waals surface area (Å²) in [4.78, 5) is 25.9. The van der Waals surface area contributed by atoms with Crippen molar-refractivity contribution in [1.82, 2.24) is 10.2 Å². The van der Waals surface area contributed by atoms with Crippen LogP contribution in [0, 0.1) is 5.92 Å². The molecule has 1 aromatic carbocycles. The maximum atomic E-state index is 12.2. The molecule has 7 heteroatoms. The lowest BCUT2D eigenvalue weighted by Gasteiger charge is -2.30. The number of nitrogens with one attached hydrogen (secondary N) is 2. The lowest BCUT2D eigenvalue weighted by Crippen LogP contribution is -2.46. The van der Waals surface area contributed by atoms with Crippen LogP contribution >= 0.6 is 23.2 Å². The minimum atomic E-state index is -0.209. The molecule has 0 radical (unpaired) electrons. The molecule has 0 spiro atoms. The number of hydrogen-bond acceptors (Lipinski definition) is 3. The number of carbonyl (C=O) groups is 2. The summed E-state index contributed by atoms with van der Waals surface area (Å²) in [6.45, 7) is 2.49. The van der Waals surface area contributed by atoms with E-state index in [1.165, 1.54) is 6.42 Å². The number of nitrogens with zero attached hydrogens (tertiary/aromatic N) is 1. The van der Waals surface area contributed by atoms with Gasteiger partial charge in [-0.25, -0.2) is 0 Å². The largest absolute Gasteiger partial charge is 0.352 e. The molecule has 0 heterocycles. The summed E-state index contributed by atoms with van der Waals surface area (Å²) in [7, 11) is 1.75. The Morgan fingerprint density at radius 3 is 2.48 bits per heavy atom. The Morgan fingerprint density at radius 1 is 1.12 bits per heavy atom. The summed E-state index contributed by atoms with van der Waals surface area (Å²) in [5.74, 6) is 0.268. The first kappa shape index (κ1) is 20.0. The van der Waals surface area contributed by atoms with Gasteiger partial charge in [-0.3, -0.25) is 14.5 Å². The van der Waals surface area contributed by atoms with Gasteiger partial charge >= 0.3 is 0 Å². The molecule has 138 valence electrons. The monoisotopic (exact) mass is 385 g/mol. The second-order valence-electron chi connectivity index (χ2n) is 6.79. The molecule has 2 rings (SSSR count). The van der Waals surface area contributed by atoms with Crippen molar-refractivity contribution in [2.24, 2.45) is 5.92 Å². The summed E-state index contributed by atoms with van der Waals surface area (Å²) < 4.78 is 0. The van der Waals surface area contributed by atoms with Crippen LogP contribution in [0.25, 0.3) is 0 Å². The van der Waals surface area contributed by atoms with E-state index in [2.05, 4.69) is 17.6 Å². The molecular weight excluding hydrogens is 361 g/mol. The highest BCUT2D eigenvalue weighted by atomic mass is 35.5. The van der Waals surface area contributed by atoms with Gasteiger partial charge in [-0.05, 0) is 44.0 Å². The van der Waals surface area contributed by atoms with Crippen molar-refractivity contribution in [3.05, 3.63) is 28.2 Å². The van der Waals surface area contributed by atoms with Crippen molar-refractivity contribution >= 4 is 40.7 Å². The van der Waals surface area contributed by atoms with E-state index in [-0.39, 0.29) is 30.9 Å². The third kappa shape index (κ3) is 6.49. The Balaban J connectivity index is 1.76. The molecule has 0 saturated heterocycles. The summed E-state index contributed by atoms with van der Waals surface area (Å²) >= 11 is 11.8.